The molecule has 0 aliphatic heterocycles. The lowest BCUT2D eigenvalue weighted by molar-refractivity contribution is 0.723. The van der Waals surface area contributed by atoms with Crippen LogP contribution in [0.3, 0.4) is 0 Å². The van der Waals surface area contributed by atoms with E-state index in [9.17, 15) is 0 Å². The monoisotopic (exact) mass is 221 g/mol. The fraction of sp³-hybridized carbons (Fsp3) is 0.364. The van der Waals surface area contributed by atoms with Crippen LogP contribution in [0, 0.1) is 0 Å². The molecule has 15 heavy (non-hydrogen) atoms. The van der Waals surface area contributed by atoms with Crippen LogP contribution in [0.4, 0.5) is 0 Å². The molecule has 0 unspecified atom stereocenters. The molecular weight excluding hydrogens is 206 g/mol. The molecule has 0 amide bonds. The second-order valence-corrected chi connectivity index (χ2v) is 5.93. The maximum absolute atomic E-state index is 5.71. The Balaban J connectivity index is 2.28. The smallest absolute Gasteiger partial charge is 0.0931 e. The van der Waals surface area contributed by atoms with Gasteiger partial charge >= 0.3 is 0 Å². The van der Waals surface area contributed by atoms with Crippen molar-refractivity contribution >= 4 is 22.8 Å². The van der Waals surface area contributed by atoms with Gasteiger partial charge in [0.2, 0.25) is 0 Å². The summed E-state index contributed by atoms with van der Waals surface area (Å²) in [7, 11) is 0. The molecule has 3 N–H and O–H groups in total. The van der Waals surface area contributed by atoms with E-state index in [2.05, 4.69) is 35.9 Å². The summed E-state index contributed by atoms with van der Waals surface area (Å²) in [6.07, 6.45) is 1.72. The van der Waals surface area contributed by atoms with Crippen molar-refractivity contribution in [2.45, 2.75) is 23.5 Å². The first-order valence-electron chi connectivity index (χ1n) is 4.93. The topological polar surface area (TPSA) is 54.7 Å². The number of fused-ring (bicyclic) bond motifs is 1. The molecule has 2 rings (SSSR count). The van der Waals surface area contributed by atoms with Gasteiger partial charge in [-0.05, 0) is 32.0 Å². The Morgan fingerprint density at radius 2 is 2.27 bits per heavy atom. The van der Waals surface area contributed by atoms with E-state index in [-0.39, 0.29) is 4.75 Å². The van der Waals surface area contributed by atoms with E-state index < -0.39 is 0 Å². The molecule has 0 aliphatic rings. The number of H-pyrrole nitrogens is 1. The van der Waals surface area contributed by atoms with Crippen molar-refractivity contribution in [3.8, 4) is 0 Å². The van der Waals surface area contributed by atoms with Crippen LogP contribution in [0.5, 0.6) is 0 Å². The van der Waals surface area contributed by atoms with Gasteiger partial charge in [-0.25, -0.2) is 4.98 Å². The molecule has 1 aromatic carbocycles. The van der Waals surface area contributed by atoms with Crippen LogP contribution in [0.25, 0.3) is 11.0 Å². The average molecular weight is 221 g/mol. The highest BCUT2D eigenvalue weighted by Gasteiger charge is 2.17. The van der Waals surface area contributed by atoms with Crippen LogP contribution in [0.2, 0.25) is 0 Å². The Morgan fingerprint density at radius 1 is 1.47 bits per heavy atom. The predicted octanol–water partition coefficient (Wildman–Crippen LogP) is 2.39. The summed E-state index contributed by atoms with van der Waals surface area (Å²) in [6, 6.07) is 6.23. The largest absolute Gasteiger partial charge is 0.345 e. The molecule has 0 bridgehead atoms. The van der Waals surface area contributed by atoms with Gasteiger partial charge in [0.05, 0.1) is 17.4 Å². The van der Waals surface area contributed by atoms with E-state index in [1.54, 1.807) is 18.1 Å². The van der Waals surface area contributed by atoms with Gasteiger partial charge in [0.15, 0.2) is 0 Å². The molecule has 0 saturated carbocycles. The third-order valence-electron chi connectivity index (χ3n) is 2.28. The Hall–Kier alpha value is -1.00. The zero-order chi connectivity index (χ0) is 10.9. The van der Waals surface area contributed by atoms with Gasteiger partial charge in [0.1, 0.15) is 0 Å². The molecule has 4 heteroatoms. The van der Waals surface area contributed by atoms with Gasteiger partial charge < -0.3 is 10.7 Å². The molecular formula is C11H15N3S. The van der Waals surface area contributed by atoms with Crippen molar-refractivity contribution in [1.82, 2.24) is 9.97 Å². The normalized spacial score (nSPS) is 12.2. The Bertz CT molecular complexity index is 462. The fourth-order valence-corrected chi connectivity index (χ4v) is 2.37. The number of imidazole rings is 1. The third kappa shape index (κ3) is 2.33. The summed E-state index contributed by atoms with van der Waals surface area (Å²) in [5.41, 5.74) is 7.79. The standard InChI is InChI=1S/C11H15N3S/c1-11(2,6-12)15-8-3-4-9-10(5-8)14-7-13-9/h3-5,7H,6,12H2,1-2H3,(H,13,14). The molecule has 0 spiro atoms. The summed E-state index contributed by atoms with van der Waals surface area (Å²) < 4.78 is 0.0771. The van der Waals surface area contributed by atoms with Gasteiger partial charge in [-0.2, -0.15) is 0 Å². The van der Waals surface area contributed by atoms with Crippen LogP contribution in [0.15, 0.2) is 29.4 Å². The summed E-state index contributed by atoms with van der Waals surface area (Å²) >= 11 is 1.79. The molecule has 0 aliphatic carbocycles. The summed E-state index contributed by atoms with van der Waals surface area (Å²) in [4.78, 5) is 8.52. The van der Waals surface area contributed by atoms with Crippen molar-refractivity contribution in [2.24, 2.45) is 5.73 Å². The van der Waals surface area contributed by atoms with Crippen LogP contribution < -0.4 is 5.73 Å². The molecule has 1 aromatic heterocycles. The Morgan fingerprint density at radius 3 is 3.00 bits per heavy atom. The van der Waals surface area contributed by atoms with E-state index >= 15 is 0 Å². The molecule has 3 nitrogen and oxygen atoms in total. The molecule has 1 heterocycles. The van der Waals surface area contributed by atoms with Crippen molar-refractivity contribution < 1.29 is 0 Å². The van der Waals surface area contributed by atoms with E-state index in [4.69, 9.17) is 5.73 Å². The van der Waals surface area contributed by atoms with Crippen molar-refractivity contribution in [2.75, 3.05) is 6.54 Å². The van der Waals surface area contributed by atoms with E-state index in [0.29, 0.717) is 6.54 Å². The van der Waals surface area contributed by atoms with E-state index in [1.165, 1.54) is 4.90 Å². The first-order chi connectivity index (χ1) is 7.11. The van der Waals surface area contributed by atoms with Gasteiger partial charge in [0, 0.05) is 16.2 Å². The fourth-order valence-electron chi connectivity index (χ4n) is 1.34. The minimum atomic E-state index is 0.0771. The van der Waals surface area contributed by atoms with Crippen molar-refractivity contribution in [1.29, 1.82) is 0 Å². The highest BCUT2D eigenvalue weighted by atomic mass is 32.2. The number of nitrogens with two attached hydrogens (primary N) is 1. The lowest BCUT2D eigenvalue weighted by atomic mass is 10.2. The zero-order valence-electron chi connectivity index (χ0n) is 8.95. The number of aromatic nitrogens is 2. The second-order valence-electron chi connectivity index (χ2n) is 4.15. The zero-order valence-corrected chi connectivity index (χ0v) is 9.77. The molecule has 80 valence electrons. The Labute approximate surface area is 93.5 Å². The van der Waals surface area contributed by atoms with Crippen LogP contribution in [-0.2, 0) is 0 Å². The summed E-state index contributed by atoms with van der Waals surface area (Å²) in [5.74, 6) is 0. The number of thioether (sulfide) groups is 1. The first-order valence-corrected chi connectivity index (χ1v) is 5.75. The molecule has 2 aromatic rings. The second kappa shape index (κ2) is 3.87. The van der Waals surface area contributed by atoms with E-state index in [1.807, 2.05) is 6.07 Å². The minimum Gasteiger partial charge on any atom is -0.345 e. The third-order valence-corrected chi connectivity index (χ3v) is 3.49. The molecule has 0 fully saturated rings. The number of rotatable bonds is 3. The summed E-state index contributed by atoms with van der Waals surface area (Å²) in [5, 5.41) is 0. The first kappa shape index (κ1) is 10.5. The average Bonchev–Trinajstić information content (AvgIpc) is 2.64. The van der Waals surface area contributed by atoms with Crippen LogP contribution >= 0.6 is 11.8 Å². The van der Waals surface area contributed by atoms with E-state index in [0.717, 1.165) is 11.0 Å². The van der Waals surface area contributed by atoms with Gasteiger partial charge in [-0.1, -0.05) is 0 Å². The number of benzene rings is 1. The van der Waals surface area contributed by atoms with Gasteiger partial charge in [-0.15, -0.1) is 11.8 Å². The number of aromatic amines is 1. The SMILES string of the molecule is CC(C)(CN)Sc1ccc2nc[nH]c2c1. The number of nitrogens with zero attached hydrogens (tertiary/aromatic N) is 1. The van der Waals surface area contributed by atoms with Gasteiger partial charge in [0.25, 0.3) is 0 Å². The number of nitrogens with one attached hydrogen (secondary N) is 1. The quantitative estimate of drug-likeness (QED) is 0.782. The molecule has 0 radical (unpaired) electrons. The molecule has 0 saturated heterocycles. The van der Waals surface area contributed by atoms with Crippen molar-refractivity contribution in [3.63, 3.8) is 0 Å². The lowest BCUT2D eigenvalue weighted by Gasteiger charge is -2.21. The number of hydrogen-bond donors (Lipinski definition) is 2. The Kier molecular flexibility index (Phi) is 2.71. The minimum absolute atomic E-state index is 0.0771. The maximum Gasteiger partial charge on any atom is 0.0931 e. The summed E-state index contributed by atoms with van der Waals surface area (Å²) in [6.45, 7) is 4.96. The van der Waals surface area contributed by atoms with Crippen LogP contribution in [-0.4, -0.2) is 21.3 Å². The number of hydrogen-bond acceptors (Lipinski definition) is 3. The van der Waals surface area contributed by atoms with Crippen molar-refractivity contribution in [3.05, 3.63) is 24.5 Å². The molecule has 0 atom stereocenters. The predicted molar refractivity (Wildman–Crippen MR) is 65.1 cm³/mol. The van der Waals surface area contributed by atoms with Crippen LogP contribution in [0.1, 0.15) is 13.8 Å². The lowest BCUT2D eigenvalue weighted by Crippen LogP contribution is -2.26. The highest BCUT2D eigenvalue weighted by molar-refractivity contribution is 8.00. The van der Waals surface area contributed by atoms with Gasteiger partial charge in [-0.3, -0.25) is 0 Å². The maximum atomic E-state index is 5.71. The highest BCUT2D eigenvalue weighted by Crippen LogP contribution is 2.32.